The number of rotatable bonds is 4. The molecule has 1 heterocycles. The summed E-state index contributed by atoms with van der Waals surface area (Å²) in [6.45, 7) is 3.82. The molecule has 0 aliphatic rings. The van der Waals surface area contributed by atoms with Crippen LogP contribution in [-0.4, -0.2) is 17.2 Å². The van der Waals surface area contributed by atoms with Crippen LogP contribution in [0.2, 0.25) is 0 Å². The summed E-state index contributed by atoms with van der Waals surface area (Å²) in [7, 11) is 1.61. The molecule has 112 valence electrons. The number of halogens is 2. The van der Waals surface area contributed by atoms with Gasteiger partial charge in [-0.15, -0.1) is 0 Å². The summed E-state index contributed by atoms with van der Waals surface area (Å²) in [6.07, 6.45) is 1.20. The summed E-state index contributed by atoms with van der Waals surface area (Å²) in [5.74, 6) is 0.386. The average Bonchev–Trinajstić information content (AvgIpc) is 2.41. The molecular formula is C16H17BrFNO2. The van der Waals surface area contributed by atoms with Gasteiger partial charge in [-0.25, -0.2) is 4.39 Å². The van der Waals surface area contributed by atoms with Gasteiger partial charge in [0.25, 0.3) is 0 Å². The molecule has 0 spiro atoms. The van der Waals surface area contributed by atoms with E-state index in [9.17, 15) is 9.50 Å². The number of nitrogens with zero attached hydrogens (tertiary/aromatic N) is 1. The maximum Gasteiger partial charge on any atom is 0.128 e. The van der Waals surface area contributed by atoms with E-state index in [1.54, 1.807) is 19.4 Å². The number of benzene rings is 1. The molecule has 2 rings (SSSR count). The molecule has 5 heteroatoms. The fourth-order valence-electron chi connectivity index (χ4n) is 2.35. The number of aliphatic hydroxyl groups is 1. The fourth-order valence-corrected chi connectivity index (χ4v) is 2.83. The number of aliphatic hydroxyl groups excluding tert-OH is 1. The Kier molecular flexibility index (Phi) is 4.96. The van der Waals surface area contributed by atoms with Crippen molar-refractivity contribution >= 4 is 15.9 Å². The minimum absolute atomic E-state index is 0.304. The molecule has 0 saturated carbocycles. The zero-order chi connectivity index (χ0) is 15.6. The Hall–Kier alpha value is -1.46. The Balaban J connectivity index is 2.29. The maximum atomic E-state index is 13.4. The molecule has 2 aromatic rings. The lowest BCUT2D eigenvalue weighted by molar-refractivity contribution is 0.176. The monoisotopic (exact) mass is 353 g/mol. The van der Waals surface area contributed by atoms with Crippen molar-refractivity contribution < 1.29 is 14.2 Å². The van der Waals surface area contributed by atoms with Crippen LogP contribution in [0.1, 0.15) is 28.5 Å². The first-order valence-corrected chi connectivity index (χ1v) is 7.34. The SMILES string of the molecule is COc1c(C)cnc(CC(O)c2cc(F)cc(Br)c2)c1C. The molecular weight excluding hydrogens is 337 g/mol. The van der Waals surface area contributed by atoms with E-state index >= 15 is 0 Å². The van der Waals surface area contributed by atoms with E-state index in [0.29, 0.717) is 16.5 Å². The molecule has 0 aliphatic heterocycles. The molecule has 1 unspecified atom stereocenters. The second-order valence-corrected chi connectivity index (χ2v) is 5.88. The summed E-state index contributed by atoms with van der Waals surface area (Å²) in [5, 5.41) is 10.3. The standard InChI is InChI=1S/C16H17BrFNO2/c1-9-8-19-14(10(2)16(9)21-3)7-15(20)11-4-12(17)6-13(18)5-11/h4-6,8,15,20H,7H2,1-3H3. The summed E-state index contributed by atoms with van der Waals surface area (Å²) < 4.78 is 19.4. The van der Waals surface area contributed by atoms with E-state index < -0.39 is 6.10 Å². The van der Waals surface area contributed by atoms with Crippen LogP contribution in [0.3, 0.4) is 0 Å². The number of methoxy groups -OCH3 is 1. The molecule has 0 fully saturated rings. The summed E-state index contributed by atoms with van der Waals surface area (Å²) in [5.41, 5.74) is 3.10. The van der Waals surface area contributed by atoms with Crippen molar-refractivity contribution in [3.63, 3.8) is 0 Å². The van der Waals surface area contributed by atoms with Crippen molar-refractivity contribution in [2.45, 2.75) is 26.4 Å². The van der Waals surface area contributed by atoms with E-state index in [0.717, 1.165) is 22.6 Å². The van der Waals surface area contributed by atoms with Gasteiger partial charge in [-0.1, -0.05) is 15.9 Å². The van der Waals surface area contributed by atoms with Crippen molar-refractivity contribution in [3.05, 3.63) is 57.1 Å². The highest BCUT2D eigenvalue weighted by Gasteiger charge is 2.16. The second-order valence-electron chi connectivity index (χ2n) is 4.97. The summed E-state index contributed by atoms with van der Waals surface area (Å²) in [6, 6.07) is 4.39. The second kappa shape index (κ2) is 6.54. The van der Waals surface area contributed by atoms with Crippen LogP contribution >= 0.6 is 15.9 Å². The van der Waals surface area contributed by atoms with Gasteiger partial charge in [0.2, 0.25) is 0 Å². The third kappa shape index (κ3) is 3.60. The van der Waals surface area contributed by atoms with Crippen LogP contribution in [-0.2, 0) is 6.42 Å². The van der Waals surface area contributed by atoms with Gasteiger partial charge in [0.15, 0.2) is 0 Å². The van der Waals surface area contributed by atoms with Gasteiger partial charge >= 0.3 is 0 Å². The Morgan fingerprint density at radius 1 is 1.33 bits per heavy atom. The highest BCUT2D eigenvalue weighted by atomic mass is 79.9. The van der Waals surface area contributed by atoms with E-state index in [4.69, 9.17) is 4.74 Å². The number of hydrogen-bond acceptors (Lipinski definition) is 3. The molecule has 1 aromatic heterocycles. The van der Waals surface area contributed by atoms with E-state index in [1.807, 2.05) is 13.8 Å². The lowest BCUT2D eigenvalue weighted by Crippen LogP contribution is -2.07. The van der Waals surface area contributed by atoms with Crippen molar-refractivity contribution in [1.82, 2.24) is 4.98 Å². The van der Waals surface area contributed by atoms with Gasteiger partial charge in [0.05, 0.1) is 13.2 Å². The molecule has 21 heavy (non-hydrogen) atoms. The molecule has 1 atom stereocenters. The predicted octanol–water partition coefficient (Wildman–Crippen LogP) is 3.88. The Morgan fingerprint density at radius 3 is 2.67 bits per heavy atom. The molecule has 0 radical (unpaired) electrons. The predicted molar refractivity (Wildman–Crippen MR) is 83.0 cm³/mol. The highest BCUT2D eigenvalue weighted by Crippen LogP contribution is 2.28. The van der Waals surface area contributed by atoms with Crippen LogP contribution in [0.25, 0.3) is 0 Å². The zero-order valence-electron chi connectivity index (χ0n) is 12.2. The Bertz CT molecular complexity index is 641. The number of aryl methyl sites for hydroxylation is 1. The van der Waals surface area contributed by atoms with Gasteiger partial charge in [0.1, 0.15) is 11.6 Å². The molecule has 0 amide bonds. The van der Waals surface area contributed by atoms with Gasteiger partial charge in [-0.2, -0.15) is 0 Å². The van der Waals surface area contributed by atoms with Gasteiger partial charge in [-0.3, -0.25) is 4.98 Å². The lowest BCUT2D eigenvalue weighted by Gasteiger charge is -2.15. The Labute approximate surface area is 131 Å². The minimum Gasteiger partial charge on any atom is -0.496 e. The first kappa shape index (κ1) is 15.9. The van der Waals surface area contributed by atoms with Crippen LogP contribution in [0.15, 0.2) is 28.9 Å². The van der Waals surface area contributed by atoms with E-state index in [2.05, 4.69) is 20.9 Å². The third-order valence-electron chi connectivity index (χ3n) is 3.41. The largest absolute Gasteiger partial charge is 0.496 e. The number of hydrogen-bond donors (Lipinski definition) is 1. The smallest absolute Gasteiger partial charge is 0.128 e. The topological polar surface area (TPSA) is 42.4 Å². The number of aromatic nitrogens is 1. The van der Waals surface area contributed by atoms with E-state index in [-0.39, 0.29) is 5.82 Å². The highest BCUT2D eigenvalue weighted by molar-refractivity contribution is 9.10. The van der Waals surface area contributed by atoms with Gasteiger partial charge in [0, 0.05) is 33.9 Å². The third-order valence-corrected chi connectivity index (χ3v) is 3.86. The van der Waals surface area contributed by atoms with Gasteiger partial charge in [-0.05, 0) is 37.6 Å². The van der Waals surface area contributed by atoms with E-state index in [1.165, 1.54) is 12.1 Å². The maximum absolute atomic E-state index is 13.4. The van der Waals surface area contributed by atoms with Crippen LogP contribution in [0.5, 0.6) is 5.75 Å². The number of ether oxygens (including phenoxy) is 1. The van der Waals surface area contributed by atoms with Crippen molar-refractivity contribution in [3.8, 4) is 5.75 Å². The van der Waals surface area contributed by atoms with Crippen LogP contribution < -0.4 is 4.74 Å². The molecule has 0 bridgehead atoms. The van der Waals surface area contributed by atoms with Crippen molar-refractivity contribution in [2.75, 3.05) is 7.11 Å². The lowest BCUT2D eigenvalue weighted by atomic mass is 10.0. The molecule has 1 aromatic carbocycles. The summed E-state index contributed by atoms with van der Waals surface area (Å²) >= 11 is 3.23. The van der Waals surface area contributed by atoms with Crippen molar-refractivity contribution in [1.29, 1.82) is 0 Å². The first-order chi connectivity index (χ1) is 9.92. The molecule has 1 N–H and O–H groups in total. The molecule has 0 aliphatic carbocycles. The van der Waals surface area contributed by atoms with Crippen LogP contribution in [0.4, 0.5) is 4.39 Å². The summed E-state index contributed by atoms with van der Waals surface area (Å²) in [4.78, 5) is 4.35. The van der Waals surface area contributed by atoms with Crippen molar-refractivity contribution in [2.24, 2.45) is 0 Å². The quantitative estimate of drug-likeness (QED) is 0.906. The average molecular weight is 354 g/mol. The normalized spacial score (nSPS) is 12.3. The fraction of sp³-hybridized carbons (Fsp3) is 0.312. The van der Waals surface area contributed by atoms with Gasteiger partial charge < -0.3 is 9.84 Å². The number of pyridine rings is 1. The molecule has 0 saturated heterocycles. The Morgan fingerprint density at radius 2 is 2.05 bits per heavy atom. The van der Waals surface area contributed by atoms with Crippen LogP contribution in [0, 0.1) is 19.7 Å². The zero-order valence-corrected chi connectivity index (χ0v) is 13.7. The first-order valence-electron chi connectivity index (χ1n) is 6.55. The minimum atomic E-state index is -0.824. The molecule has 3 nitrogen and oxygen atoms in total.